The number of hydrogen-bond donors (Lipinski definition) is 1. The molecule has 0 aromatic heterocycles. The molecule has 1 N–H and O–H groups in total. The SMILES string of the molecule is CCCCCC1=NN(C(=O)NC(C)(C)c2ccccc2)CC1c1cccc(F)c1. The van der Waals surface area contributed by atoms with Gasteiger partial charge >= 0.3 is 6.03 Å². The predicted molar refractivity (Wildman–Crippen MR) is 115 cm³/mol. The van der Waals surface area contributed by atoms with Crippen LogP contribution >= 0.6 is 0 Å². The van der Waals surface area contributed by atoms with Crippen molar-refractivity contribution in [1.82, 2.24) is 10.3 Å². The molecule has 3 rings (SSSR count). The number of halogens is 1. The molecule has 1 unspecified atom stereocenters. The Morgan fingerprint density at radius 2 is 1.93 bits per heavy atom. The summed E-state index contributed by atoms with van der Waals surface area (Å²) in [7, 11) is 0. The molecule has 29 heavy (non-hydrogen) atoms. The van der Waals surface area contributed by atoms with Crippen molar-refractivity contribution in [3.05, 3.63) is 71.5 Å². The van der Waals surface area contributed by atoms with Crippen LogP contribution in [0.15, 0.2) is 59.7 Å². The molecule has 2 amide bonds. The van der Waals surface area contributed by atoms with Crippen molar-refractivity contribution in [2.45, 2.75) is 57.9 Å². The summed E-state index contributed by atoms with van der Waals surface area (Å²) >= 11 is 0. The smallest absolute Gasteiger partial charge is 0.328 e. The summed E-state index contributed by atoms with van der Waals surface area (Å²) in [6.45, 7) is 6.55. The molecule has 0 saturated heterocycles. The number of carbonyl (C=O) groups excluding carboxylic acids is 1. The highest BCUT2D eigenvalue weighted by Crippen LogP contribution is 2.29. The second-order valence-electron chi connectivity index (χ2n) is 8.16. The summed E-state index contributed by atoms with van der Waals surface area (Å²) in [4.78, 5) is 13.0. The number of amides is 2. The molecule has 154 valence electrons. The lowest BCUT2D eigenvalue weighted by atomic mass is 9.91. The van der Waals surface area contributed by atoms with Crippen LogP contribution in [0.2, 0.25) is 0 Å². The molecule has 0 spiro atoms. The van der Waals surface area contributed by atoms with Crippen molar-refractivity contribution in [2.24, 2.45) is 5.10 Å². The van der Waals surface area contributed by atoms with E-state index in [4.69, 9.17) is 0 Å². The maximum absolute atomic E-state index is 13.8. The van der Waals surface area contributed by atoms with E-state index >= 15 is 0 Å². The molecule has 0 radical (unpaired) electrons. The summed E-state index contributed by atoms with van der Waals surface area (Å²) < 4.78 is 13.8. The third-order valence-electron chi connectivity index (χ3n) is 5.44. The van der Waals surface area contributed by atoms with Crippen LogP contribution < -0.4 is 5.32 Å². The number of nitrogens with one attached hydrogen (secondary N) is 1. The Hall–Kier alpha value is -2.69. The molecule has 4 nitrogen and oxygen atoms in total. The molecule has 1 aliphatic rings. The van der Waals surface area contributed by atoms with Crippen molar-refractivity contribution in [2.75, 3.05) is 6.54 Å². The Kier molecular flexibility index (Phi) is 6.68. The van der Waals surface area contributed by atoms with Gasteiger partial charge < -0.3 is 5.32 Å². The first-order chi connectivity index (χ1) is 13.9. The van der Waals surface area contributed by atoms with Crippen LogP contribution in [-0.4, -0.2) is 23.3 Å². The standard InChI is InChI=1S/C24H30FN3O/c1-4-5-7-15-22-21(18-11-10-14-20(25)16-18)17-28(27-22)23(29)26-24(2,3)19-12-8-6-9-13-19/h6,8-14,16,21H,4-5,7,15,17H2,1-3H3,(H,26,29). The van der Waals surface area contributed by atoms with Gasteiger partial charge in [0.05, 0.1) is 12.1 Å². The third kappa shape index (κ3) is 5.22. The van der Waals surface area contributed by atoms with Gasteiger partial charge in [0.2, 0.25) is 0 Å². The molecular formula is C24H30FN3O. The van der Waals surface area contributed by atoms with E-state index < -0.39 is 5.54 Å². The third-order valence-corrected chi connectivity index (χ3v) is 5.44. The predicted octanol–water partition coefficient (Wildman–Crippen LogP) is 5.81. The van der Waals surface area contributed by atoms with E-state index in [2.05, 4.69) is 17.3 Å². The number of nitrogens with zero attached hydrogens (tertiary/aromatic N) is 2. The highest BCUT2D eigenvalue weighted by Gasteiger charge is 2.33. The number of carbonyl (C=O) groups is 1. The molecule has 0 saturated carbocycles. The molecule has 2 aromatic rings. The van der Waals surface area contributed by atoms with Crippen molar-refractivity contribution >= 4 is 11.7 Å². The molecule has 0 bridgehead atoms. The highest BCUT2D eigenvalue weighted by atomic mass is 19.1. The monoisotopic (exact) mass is 395 g/mol. The summed E-state index contributed by atoms with van der Waals surface area (Å²) in [5, 5.41) is 9.23. The lowest BCUT2D eigenvalue weighted by molar-refractivity contribution is 0.192. The van der Waals surface area contributed by atoms with Gasteiger partial charge in [0.15, 0.2) is 0 Å². The first-order valence-corrected chi connectivity index (χ1v) is 10.4. The maximum atomic E-state index is 13.8. The second-order valence-corrected chi connectivity index (χ2v) is 8.16. The Bertz CT molecular complexity index is 863. The van der Waals surface area contributed by atoms with Crippen LogP contribution in [-0.2, 0) is 5.54 Å². The van der Waals surface area contributed by atoms with E-state index in [9.17, 15) is 9.18 Å². The topological polar surface area (TPSA) is 44.7 Å². The molecule has 1 heterocycles. The van der Waals surface area contributed by atoms with Gasteiger partial charge in [-0.3, -0.25) is 0 Å². The molecule has 2 aromatic carbocycles. The first kappa shape index (κ1) is 21.0. The molecule has 0 fully saturated rings. The Balaban J connectivity index is 1.77. The Morgan fingerprint density at radius 3 is 2.62 bits per heavy atom. The van der Waals surface area contributed by atoms with Crippen LogP contribution in [0.5, 0.6) is 0 Å². The fourth-order valence-electron chi connectivity index (χ4n) is 3.73. The average Bonchev–Trinajstić information content (AvgIpc) is 3.13. The largest absolute Gasteiger partial charge is 0.338 e. The number of urea groups is 1. The molecule has 0 aliphatic carbocycles. The van der Waals surface area contributed by atoms with Gasteiger partial charge in [-0.05, 0) is 49.9 Å². The van der Waals surface area contributed by atoms with Crippen molar-refractivity contribution in [3.8, 4) is 0 Å². The Labute approximate surface area is 172 Å². The summed E-state index contributed by atoms with van der Waals surface area (Å²) in [5.74, 6) is -0.323. The zero-order chi connectivity index (χ0) is 20.9. The van der Waals surface area contributed by atoms with Crippen LogP contribution in [0.3, 0.4) is 0 Å². The minimum atomic E-state index is -0.521. The summed E-state index contributed by atoms with van der Waals surface area (Å²) in [6, 6.07) is 16.3. The number of rotatable bonds is 7. The molecular weight excluding hydrogens is 365 g/mol. The normalized spacial score (nSPS) is 16.6. The van der Waals surface area contributed by atoms with E-state index in [1.165, 1.54) is 11.1 Å². The van der Waals surface area contributed by atoms with Gasteiger partial charge in [0.25, 0.3) is 0 Å². The van der Waals surface area contributed by atoms with E-state index in [0.29, 0.717) is 6.54 Å². The zero-order valence-electron chi connectivity index (χ0n) is 17.5. The van der Waals surface area contributed by atoms with E-state index in [0.717, 1.165) is 42.5 Å². The average molecular weight is 396 g/mol. The molecule has 5 heteroatoms. The Morgan fingerprint density at radius 1 is 1.17 bits per heavy atom. The lowest BCUT2D eigenvalue weighted by Crippen LogP contribution is -2.46. The van der Waals surface area contributed by atoms with Crippen LogP contribution in [0.25, 0.3) is 0 Å². The molecule has 1 atom stereocenters. The second kappa shape index (κ2) is 9.21. The number of benzene rings is 2. The van der Waals surface area contributed by atoms with E-state index in [-0.39, 0.29) is 17.8 Å². The summed E-state index contributed by atoms with van der Waals surface area (Å²) in [5.41, 5.74) is 2.34. The lowest BCUT2D eigenvalue weighted by Gasteiger charge is -2.28. The fourth-order valence-corrected chi connectivity index (χ4v) is 3.73. The van der Waals surface area contributed by atoms with Crippen LogP contribution in [0, 0.1) is 5.82 Å². The van der Waals surface area contributed by atoms with Gasteiger partial charge in [-0.2, -0.15) is 5.10 Å². The van der Waals surface area contributed by atoms with Crippen LogP contribution in [0.1, 0.15) is 63.5 Å². The van der Waals surface area contributed by atoms with Gasteiger partial charge in [-0.25, -0.2) is 14.2 Å². The minimum absolute atomic E-state index is 0.0619. The highest BCUT2D eigenvalue weighted by molar-refractivity contribution is 5.94. The van der Waals surface area contributed by atoms with Crippen molar-refractivity contribution < 1.29 is 9.18 Å². The van der Waals surface area contributed by atoms with Gasteiger partial charge in [-0.15, -0.1) is 0 Å². The van der Waals surface area contributed by atoms with Gasteiger partial charge in [-0.1, -0.05) is 62.2 Å². The van der Waals surface area contributed by atoms with E-state index in [1.54, 1.807) is 12.1 Å². The zero-order valence-corrected chi connectivity index (χ0v) is 17.5. The minimum Gasteiger partial charge on any atom is -0.328 e. The number of hydrazone groups is 1. The number of unbranched alkanes of at least 4 members (excludes halogenated alkanes) is 2. The quantitative estimate of drug-likeness (QED) is 0.591. The van der Waals surface area contributed by atoms with E-state index in [1.807, 2.05) is 50.2 Å². The summed E-state index contributed by atoms with van der Waals surface area (Å²) in [6.07, 6.45) is 4.07. The molecule has 1 aliphatic heterocycles. The first-order valence-electron chi connectivity index (χ1n) is 10.4. The van der Waals surface area contributed by atoms with Gasteiger partial charge in [0.1, 0.15) is 5.82 Å². The van der Waals surface area contributed by atoms with Crippen molar-refractivity contribution in [1.29, 1.82) is 0 Å². The van der Waals surface area contributed by atoms with Crippen LogP contribution in [0.4, 0.5) is 9.18 Å². The van der Waals surface area contributed by atoms with Gasteiger partial charge in [0, 0.05) is 11.6 Å². The maximum Gasteiger partial charge on any atom is 0.338 e. The fraction of sp³-hybridized carbons (Fsp3) is 0.417. The number of hydrogen-bond acceptors (Lipinski definition) is 2. The van der Waals surface area contributed by atoms with Crippen molar-refractivity contribution in [3.63, 3.8) is 0 Å².